The van der Waals surface area contributed by atoms with Crippen LogP contribution in [0, 0.1) is 0 Å². The van der Waals surface area contributed by atoms with E-state index in [-0.39, 0.29) is 11.1 Å². The van der Waals surface area contributed by atoms with Crippen LogP contribution in [0.4, 0.5) is 0 Å². The zero-order valence-electron chi connectivity index (χ0n) is 6.72. The second-order valence-electron chi connectivity index (χ2n) is 2.84. The molecule has 0 rings (SSSR count). The number of Topliss-reactive ketones (excluding diaryl/α,β-unsaturated/α-hetero) is 1. The molecule has 0 bridgehead atoms. The highest BCUT2D eigenvalue weighted by Gasteiger charge is 2.36. The highest BCUT2D eigenvalue weighted by molar-refractivity contribution is 9.09. The van der Waals surface area contributed by atoms with Gasteiger partial charge in [0.05, 0.1) is 5.33 Å². The maximum absolute atomic E-state index is 11.1. The van der Waals surface area contributed by atoms with E-state index in [0.717, 1.165) is 6.26 Å². The normalized spacial score (nSPS) is 13.1. The third-order valence-electron chi connectivity index (χ3n) is 1.72. The van der Waals surface area contributed by atoms with E-state index in [2.05, 4.69) is 15.9 Å². The lowest BCUT2D eigenvalue weighted by molar-refractivity contribution is -0.118. The molecule has 0 N–H and O–H groups in total. The molecule has 66 valence electrons. The minimum absolute atomic E-state index is 0.0765. The van der Waals surface area contributed by atoms with Gasteiger partial charge in [0, 0.05) is 6.26 Å². The molecule has 0 saturated carbocycles. The fourth-order valence-corrected chi connectivity index (χ4v) is 1.74. The van der Waals surface area contributed by atoms with Crippen molar-refractivity contribution in [3.8, 4) is 0 Å². The third-order valence-corrected chi connectivity index (χ3v) is 4.31. The lowest BCUT2D eigenvalue weighted by Gasteiger charge is -2.18. The molecular weight excluding hydrogens is 232 g/mol. The highest BCUT2D eigenvalue weighted by atomic mass is 79.9. The Balaban J connectivity index is 4.90. The van der Waals surface area contributed by atoms with Gasteiger partial charge in [-0.2, -0.15) is 0 Å². The van der Waals surface area contributed by atoms with E-state index in [9.17, 15) is 13.2 Å². The smallest absolute Gasteiger partial charge is 0.163 e. The van der Waals surface area contributed by atoms with Crippen LogP contribution in [0.3, 0.4) is 0 Å². The van der Waals surface area contributed by atoms with E-state index in [1.807, 2.05) is 0 Å². The predicted molar refractivity (Wildman–Crippen MR) is 47.7 cm³/mol. The first-order chi connectivity index (χ1) is 4.73. The van der Waals surface area contributed by atoms with Crippen LogP contribution in [0.1, 0.15) is 13.8 Å². The molecule has 0 unspecified atom stereocenters. The van der Waals surface area contributed by atoms with Gasteiger partial charge in [0.25, 0.3) is 0 Å². The monoisotopic (exact) mass is 242 g/mol. The molecule has 0 spiro atoms. The Morgan fingerprint density at radius 1 is 1.45 bits per heavy atom. The lowest BCUT2D eigenvalue weighted by atomic mass is 10.1. The topological polar surface area (TPSA) is 51.2 Å². The molecule has 0 atom stereocenters. The van der Waals surface area contributed by atoms with E-state index >= 15 is 0 Å². The van der Waals surface area contributed by atoms with E-state index in [0.29, 0.717) is 0 Å². The summed E-state index contributed by atoms with van der Waals surface area (Å²) in [5, 5.41) is 0.0765. The maximum atomic E-state index is 11.1. The number of halogens is 1. The fraction of sp³-hybridized carbons (Fsp3) is 0.833. The first-order valence-corrected chi connectivity index (χ1v) is 6.03. The van der Waals surface area contributed by atoms with Crippen molar-refractivity contribution in [1.82, 2.24) is 0 Å². The van der Waals surface area contributed by atoms with Crippen molar-refractivity contribution in [1.29, 1.82) is 0 Å². The summed E-state index contributed by atoms with van der Waals surface area (Å²) in [4.78, 5) is 11.1. The van der Waals surface area contributed by atoms with Crippen molar-refractivity contribution >= 4 is 31.6 Å². The van der Waals surface area contributed by atoms with E-state index in [4.69, 9.17) is 0 Å². The zero-order valence-corrected chi connectivity index (χ0v) is 9.12. The quantitative estimate of drug-likeness (QED) is 0.688. The molecule has 0 radical (unpaired) electrons. The number of alkyl halides is 1. The van der Waals surface area contributed by atoms with Gasteiger partial charge in [-0.15, -0.1) is 0 Å². The first-order valence-electron chi connectivity index (χ1n) is 3.02. The summed E-state index contributed by atoms with van der Waals surface area (Å²) < 4.78 is 20.8. The predicted octanol–water partition coefficient (Wildman–Crippen LogP) is 0.774. The molecule has 0 aromatic rings. The molecule has 0 amide bonds. The fourth-order valence-electron chi connectivity index (χ4n) is 0.368. The van der Waals surface area contributed by atoms with Crippen LogP contribution in [0.5, 0.6) is 0 Å². The summed E-state index contributed by atoms with van der Waals surface area (Å²) in [6.07, 6.45) is 1.06. The minimum atomic E-state index is -3.29. The number of ketones is 1. The molecular formula is C6H11BrO3S. The minimum Gasteiger partial charge on any atom is -0.297 e. The Hall–Kier alpha value is 0.1000. The standard InChI is InChI=1S/C6H11BrO3S/c1-6(2,5(8)4-7)11(3,9)10/h4H2,1-3H3. The SMILES string of the molecule is CC(C)(C(=O)CBr)S(C)(=O)=O. The average Bonchev–Trinajstić information content (AvgIpc) is 1.83. The number of hydrogen-bond donors (Lipinski definition) is 0. The Labute approximate surface area is 75.2 Å². The van der Waals surface area contributed by atoms with Crippen LogP contribution < -0.4 is 0 Å². The highest BCUT2D eigenvalue weighted by Crippen LogP contribution is 2.17. The van der Waals surface area contributed by atoms with E-state index < -0.39 is 14.6 Å². The van der Waals surface area contributed by atoms with Gasteiger partial charge >= 0.3 is 0 Å². The second-order valence-corrected chi connectivity index (χ2v) is 5.96. The molecule has 3 nitrogen and oxygen atoms in total. The summed E-state index contributed by atoms with van der Waals surface area (Å²) in [7, 11) is -3.29. The summed E-state index contributed by atoms with van der Waals surface area (Å²) in [5.41, 5.74) is 0. The Morgan fingerprint density at radius 2 is 1.82 bits per heavy atom. The van der Waals surface area contributed by atoms with Crippen LogP contribution in [0.25, 0.3) is 0 Å². The van der Waals surface area contributed by atoms with Gasteiger partial charge in [-0.1, -0.05) is 15.9 Å². The van der Waals surface area contributed by atoms with Gasteiger partial charge in [-0.25, -0.2) is 8.42 Å². The van der Waals surface area contributed by atoms with Gasteiger partial charge in [-0.3, -0.25) is 4.79 Å². The van der Waals surface area contributed by atoms with Crippen LogP contribution in [-0.4, -0.2) is 30.5 Å². The van der Waals surface area contributed by atoms with Gasteiger partial charge in [0.2, 0.25) is 0 Å². The van der Waals surface area contributed by atoms with Crippen molar-refractivity contribution < 1.29 is 13.2 Å². The molecule has 0 saturated heterocycles. The van der Waals surface area contributed by atoms with Gasteiger partial charge in [0.1, 0.15) is 4.75 Å². The van der Waals surface area contributed by atoms with Crippen LogP contribution in [0.2, 0.25) is 0 Å². The Bertz CT molecular complexity index is 253. The molecule has 11 heavy (non-hydrogen) atoms. The molecule has 0 aliphatic rings. The van der Waals surface area contributed by atoms with Gasteiger partial charge < -0.3 is 0 Å². The number of rotatable bonds is 3. The molecule has 0 aromatic heterocycles. The summed E-state index contributed by atoms with van der Waals surface area (Å²) in [6.45, 7) is 2.82. The first kappa shape index (κ1) is 11.1. The van der Waals surface area contributed by atoms with E-state index in [1.54, 1.807) is 0 Å². The van der Waals surface area contributed by atoms with Crippen LogP contribution >= 0.6 is 15.9 Å². The summed E-state index contributed by atoms with van der Waals surface area (Å²) in [6, 6.07) is 0. The van der Waals surface area contributed by atoms with Crippen molar-refractivity contribution in [2.24, 2.45) is 0 Å². The molecule has 0 fully saturated rings. The molecule has 0 heterocycles. The second kappa shape index (κ2) is 3.23. The van der Waals surface area contributed by atoms with Crippen molar-refractivity contribution in [3.05, 3.63) is 0 Å². The van der Waals surface area contributed by atoms with Gasteiger partial charge in [-0.05, 0) is 13.8 Å². The third kappa shape index (κ3) is 2.27. The largest absolute Gasteiger partial charge is 0.297 e. The van der Waals surface area contributed by atoms with Crippen LogP contribution in [0.15, 0.2) is 0 Å². The summed E-state index contributed by atoms with van der Waals surface area (Å²) in [5.74, 6) is -0.319. The molecule has 0 aliphatic heterocycles. The number of hydrogen-bond acceptors (Lipinski definition) is 3. The zero-order chi connectivity index (χ0) is 9.28. The van der Waals surface area contributed by atoms with Crippen molar-refractivity contribution in [2.45, 2.75) is 18.6 Å². The van der Waals surface area contributed by atoms with Gasteiger partial charge in [0.15, 0.2) is 15.6 Å². The summed E-state index contributed by atoms with van der Waals surface area (Å²) >= 11 is 2.93. The molecule has 0 aliphatic carbocycles. The molecule has 5 heteroatoms. The van der Waals surface area contributed by atoms with Crippen molar-refractivity contribution in [2.75, 3.05) is 11.6 Å². The lowest BCUT2D eigenvalue weighted by Crippen LogP contribution is -2.40. The number of sulfone groups is 1. The number of carbonyl (C=O) groups excluding carboxylic acids is 1. The van der Waals surface area contributed by atoms with Crippen molar-refractivity contribution in [3.63, 3.8) is 0 Å². The average molecular weight is 243 g/mol. The maximum Gasteiger partial charge on any atom is 0.163 e. The van der Waals surface area contributed by atoms with Crippen LogP contribution in [-0.2, 0) is 14.6 Å². The Kier molecular flexibility index (Phi) is 3.26. The molecule has 0 aromatic carbocycles. The number of carbonyl (C=O) groups is 1. The Morgan fingerprint density at radius 3 is 1.91 bits per heavy atom. The van der Waals surface area contributed by atoms with E-state index in [1.165, 1.54) is 13.8 Å².